The molecule has 1 rings (SSSR count). The largest absolute Gasteiger partial charge is 0.241 e. The van der Waals surface area contributed by atoms with Crippen LogP contribution in [-0.2, 0) is 12.8 Å². The number of nitrogens with zero attached hydrogens (tertiary/aromatic N) is 2. The first-order valence-corrected chi connectivity index (χ1v) is 6.03. The van der Waals surface area contributed by atoms with E-state index in [-0.39, 0.29) is 0 Å². The highest BCUT2D eigenvalue weighted by Crippen LogP contribution is 2.18. The van der Waals surface area contributed by atoms with Gasteiger partial charge in [0.1, 0.15) is 5.82 Å². The van der Waals surface area contributed by atoms with Gasteiger partial charge in [0.25, 0.3) is 0 Å². The highest BCUT2D eigenvalue weighted by Gasteiger charge is 2.09. The van der Waals surface area contributed by atoms with E-state index in [2.05, 4.69) is 37.7 Å². The summed E-state index contributed by atoms with van der Waals surface area (Å²) >= 11 is 0. The molecule has 0 fully saturated rings. The van der Waals surface area contributed by atoms with Crippen molar-refractivity contribution in [2.24, 2.45) is 0 Å². The average Bonchev–Trinajstić information content (AvgIpc) is 2.26. The fourth-order valence-corrected chi connectivity index (χ4v) is 1.69. The van der Waals surface area contributed by atoms with E-state index >= 15 is 0 Å². The maximum absolute atomic E-state index is 4.63. The second-order valence-corrected chi connectivity index (χ2v) is 4.31. The molecular formula is C13H22N2. The molecule has 1 aromatic heterocycles. The molecular weight excluding hydrogens is 184 g/mol. The molecule has 2 nitrogen and oxygen atoms in total. The fourth-order valence-electron chi connectivity index (χ4n) is 1.69. The van der Waals surface area contributed by atoms with E-state index < -0.39 is 0 Å². The molecule has 0 spiro atoms. The van der Waals surface area contributed by atoms with Crippen molar-refractivity contribution < 1.29 is 0 Å². The summed E-state index contributed by atoms with van der Waals surface area (Å²) in [7, 11) is 0. The number of aryl methyl sites for hydroxylation is 2. The van der Waals surface area contributed by atoms with E-state index in [4.69, 9.17) is 0 Å². The Balaban J connectivity index is 2.93. The third-order valence-electron chi connectivity index (χ3n) is 2.61. The molecule has 0 N–H and O–H groups in total. The van der Waals surface area contributed by atoms with E-state index in [1.54, 1.807) is 0 Å². The summed E-state index contributed by atoms with van der Waals surface area (Å²) in [4.78, 5) is 9.01. The molecule has 0 amide bonds. The lowest BCUT2D eigenvalue weighted by Crippen LogP contribution is -2.05. The first-order chi connectivity index (χ1) is 7.19. The molecule has 0 aliphatic heterocycles. The maximum Gasteiger partial charge on any atom is 0.128 e. The summed E-state index contributed by atoms with van der Waals surface area (Å²) in [6.45, 7) is 8.73. The number of hydrogen-bond acceptors (Lipinski definition) is 2. The Hall–Kier alpha value is -0.920. The summed E-state index contributed by atoms with van der Waals surface area (Å²) in [6, 6.07) is 0. The molecule has 0 atom stereocenters. The zero-order valence-corrected chi connectivity index (χ0v) is 10.4. The van der Waals surface area contributed by atoms with Crippen molar-refractivity contribution in [1.29, 1.82) is 0 Å². The molecule has 0 saturated heterocycles. The Morgan fingerprint density at radius 2 is 2.00 bits per heavy atom. The van der Waals surface area contributed by atoms with Gasteiger partial charge in [-0.2, -0.15) is 0 Å². The van der Waals surface area contributed by atoms with Crippen molar-refractivity contribution in [3.05, 3.63) is 23.3 Å². The fraction of sp³-hybridized carbons (Fsp3) is 0.692. The van der Waals surface area contributed by atoms with E-state index in [0.29, 0.717) is 5.92 Å². The minimum absolute atomic E-state index is 0.505. The molecule has 1 aromatic rings. The Morgan fingerprint density at radius 1 is 1.27 bits per heavy atom. The van der Waals surface area contributed by atoms with Crippen LogP contribution in [0.1, 0.15) is 63.5 Å². The smallest absolute Gasteiger partial charge is 0.128 e. The minimum atomic E-state index is 0.505. The first kappa shape index (κ1) is 12.2. The molecule has 84 valence electrons. The van der Waals surface area contributed by atoms with Crippen molar-refractivity contribution in [2.75, 3.05) is 0 Å². The molecule has 1 heterocycles. The van der Waals surface area contributed by atoms with Gasteiger partial charge in [0, 0.05) is 18.3 Å². The predicted molar refractivity (Wildman–Crippen MR) is 64.1 cm³/mol. The summed E-state index contributed by atoms with van der Waals surface area (Å²) in [5.41, 5.74) is 2.58. The van der Waals surface area contributed by atoms with Crippen LogP contribution in [0.5, 0.6) is 0 Å². The van der Waals surface area contributed by atoms with Crippen LogP contribution in [-0.4, -0.2) is 9.97 Å². The number of hydrogen-bond donors (Lipinski definition) is 0. The normalized spacial score (nSPS) is 11.0. The second-order valence-electron chi connectivity index (χ2n) is 4.31. The predicted octanol–water partition coefficient (Wildman–Crippen LogP) is 3.51. The molecule has 2 heteroatoms. The van der Waals surface area contributed by atoms with Gasteiger partial charge in [0.05, 0.1) is 0 Å². The SMILES string of the molecule is CCCCc1cnc(CC)nc1C(C)C. The summed E-state index contributed by atoms with van der Waals surface area (Å²) in [5.74, 6) is 1.48. The maximum atomic E-state index is 4.63. The van der Waals surface area contributed by atoms with Crippen LogP contribution in [0.15, 0.2) is 6.20 Å². The van der Waals surface area contributed by atoms with E-state index in [1.165, 1.54) is 24.1 Å². The van der Waals surface area contributed by atoms with Crippen molar-refractivity contribution in [1.82, 2.24) is 9.97 Å². The van der Waals surface area contributed by atoms with Gasteiger partial charge in [-0.15, -0.1) is 0 Å². The van der Waals surface area contributed by atoms with Crippen LogP contribution in [0.2, 0.25) is 0 Å². The molecule has 0 aliphatic carbocycles. The van der Waals surface area contributed by atoms with Gasteiger partial charge in [-0.25, -0.2) is 9.97 Å². The molecule has 0 saturated carbocycles. The lowest BCUT2D eigenvalue weighted by molar-refractivity contribution is 0.725. The van der Waals surface area contributed by atoms with Gasteiger partial charge in [-0.3, -0.25) is 0 Å². The van der Waals surface area contributed by atoms with Gasteiger partial charge in [0.15, 0.2) is 0 Å². The lowest BCUT2D eigenvalue weighted by atomic mass is 10.0. The first-order valence-electron chi connectivity index (χ1n) is 6.03. The van der Waals surface area contributed by atoms with Crippen molar-refractivity contribution in [2.45, 2.75) is 59.3 Å². The van der Waals surface area contributed by atoms with E-state index in [0.717, 1.165) is 18.7 Å². The molecule has 15 heavy (non-hydrogen) atoms. The van der Waals surface area contributed by atoms with Crippen LogP contribution >= 0.6 is 0 Å². The monoisotopic (exact) mass is 206 g/mol. The molecule has 0 radical (unpaired) electrons. The van der Waals surface area contributed by atoms with Gasteiger partial charge >= 0.3 is 0 Å². The van der Waals surface area contributed by atoms with Crippen molar-refractivity contribution in [3.63, 3.8) is 0 Å². The molecule has 0 unspecified atom stereocenters. The molecule has 0 bridgehead atoms. The van der Waals surface area contributed by atoms with Gasteiger partial charge < -0.3 is 0 Å². The Morgan fingerprint density at radius 3 is 2.53 bits per heavy atom. The zero-order valence-electron chi connectivity index (χ0n) is 10.4. The van der Waals surface area contributed by atoms with Gasteiger partial charge in [0.2, 0.25) is 0 Å². The van der Waals surface area contributed by atoms with E-state index in [9.17, 15) is 0 Å². The van der Waals surface area contributed by atoms with Crippen LogP contribution in [0.25, 0.3) is 0 Å². The Kier molecular flexibility index (Phi) is 4.73. The number of aromatic nitrogens is 2. The van der Waals surface area contributed by atoms with Crippen LogP contribution in [0.3, 0.4) is 0 Å². The van der Waals surface area contributed by atoms with Crippen LogP contribution in [0.4, 0.5) is 0 Å². The number of rotatable bonds is 5. The topological polar surface area (TPSA) is 25.8 Å². The van der Waals surface area contributed by atoms with Crippen molar-refractivity contribution in [3.8, 4) is 0 Å². The third kappa shape index (κ3) is 3.29. The summed E-state index contributed by atoms with van der Waals surface area (Å²) in [6.07, 6.45) is 6.53. The molecule has 0 aromatic carbocycles. The second kappa shape index (κ2) is 5.84. The van der Waals surface area contributed by atoms with Crippen LogP contribution < -0.4 is 0 Å². The van der Waals surface area contributed by atoms with Crippen LogP contribution in [0, 0.1) is 0 Å². The third-order valence-corrected chi connectivity index (χ3v) is 2.61. The zero-order chi connectivity index (χ0) is 11.3. The van der Waals surface area contributed by atoms with E-state index in [1.807, 2.05) is 6.20 Å². The standard InChI is InChI=1S/C13H22N2/c1-5-7-8-11-9-14-12(6-2)15-13(11)10(3)4/h9-10H,5-8H2,1-4H3. The minimum Gasteiger partial charge on any atom is -0.241 e. The Bertz CT molecular complexity index is 305. The van der Waals surface area contributed by atoms with Gasteiger partial charge in [-0.1, -0.05) is 34.1 Å². The van der Waals surface area contributed by atoms with Gasteiger partial charge in [-0.05, 0) is 24.3 Å². The highest BCUT2D eigenvalue weighted by molar-refractivity contribution is 5.21. The lowest BCUT2D eigenvalue weighted by Gasteiger charge is -2.12. The highest BCUT2D eigenvalue weighted by atomic mass is 14.9. The number of unbranched alkanes of at least 4 members (excludes halogenated alkanes) is 1. The summed E-state index contributed by atoms with van der Waals surface area (Å²) in [5, 5.41) is 0. The quantitative estimate of drug-likeness (QED) is 0.736. The van der Waals surface area contributed by atoms with Crippen molar-refractivity contribution >= 4 is 0 Å². The average molecular weight is 206 g/mol. The summed E-state index contributed by atoms with van der Waals surface area (Å²) < 4.78 is 0. The Labute approximate surface area is 93.2 Å². The molecule has 0 aliphatic rings.